The summed E-state index contributed by atoms with van der Waals surface area (Å²) in [6, 6.07) is 9.25. The van der Waals surface area contributed by atoms with Crippen LogP contribution in [0.5, 0.6) is 0 Å². The molecule has 138 valence electrons. The minimum absolute atomic E-state index is 0.139. The SMILES string of the molecule is CC(C)(C)OC(=O)n1ncc2cc(Nc3nc(Cl)nn4cccc34)ccc21. The third kappa shape index (κ3) is 3.43. The number of carbonyl (C=O) groups is 1. The molecule has 1 N–H and O–H groups in total. The minimum Gasteiger partial charge on any atom is -0.442 e. The van der Waals surface area contributed by atoms with Gasteiger partial charge in [-0.05, 0) is 62.7 Å². The molecular formula is C18H17ClN6O2. The number of benzene rings is 1. The Balaban J connectivity index is 1.66. The highest BCUT2D eigenvalue weighted by atomic mass is 35.5. The van der Waals surface area contributed by atoms with Crippen LogP contribution in [0.4, 0.5) is 16.3 Å². The summed E-state index contributed by atoms with van der Waals surface area (Å²) in [7, 11) is 0. The lowest BCUT2D eigenvalue weighted by atomic mass is 10.2. The van der Waals surface area contributed by atoms with E-state index < -0.39 is 11.7 Å². The van der Waals surface area contributed by atoms with Gasteiger partial charge in [0.05, 0.1) is 11.7 Å². The number of carbonyl (C=O) groups excluding carboxylic acids is 1. The number of hydrogen-bond acceptors (Lipinski definition) is 6. The number of rotatable bonds is 2. The van der Waals surface area contributed by atoms with E-state index in [9.17, 15) is 4.79 Å². The first kappa shape index (κ1) is 17.3. The Morgan fingerprint density at radius 2 is 2.04 bits per heavy atom. The molecule has 3 heterocycles. The third-order valence-electron chi connectivity index (χ3n) is 3.76. The predicted octanol–water partition coefficient (Wildman–Crippen LogP) is 4.26. The Morgan fingerprint density at radius 3 is 2.81 bits per heavy atom. The fraction of sp³-hybridized carbons (Fsp3) is 0.222. The maximum absolute atomic E-state index is 12.3. The van der Waals surface area contributed by atoms with Crippen LogP contribution in [0.15, 0.2) is 42.7 Å². The molecule has 0 aliphatic carbocycles. The van der Waals surface area contributed by atoms with E-state index in [-0.39, 0.29) is 5.28 Å². The summed E-state index contributed by atoms with van der Waals surface area (Å²) in [5, 5.41) is 12.4. The predicted molar refractivity (Wildman–Crippen MR) is 103 cm³/mol. The molecule has 0 radical (unpaired) electrons. The fourth-order valence-electron chi connectivity index (χ4n) is 2.70. The van der Waals surface area contributed by atoms with E-state index in [0.717, 1.165) is 16.6 Å². The van der Waals surface area contributed by atoms with Gasteiger partial charge in [-0.25, -0.2) is 9.31 Å². The zero-order chi connectivity index (χ0) is 19.2. The van der Waals surface area contributed by atoms with Gasteiger partial charge in [0.25, 0.3) is 0 Å². The van der Waals surface area contributed by atoms with Gasteiger partial charge in [-0.1, -0.05) is 0 Å². The second-order valence-electron chi connectivity index (χ2n) is 7.00. The highest BCUT2D eigenvalue weighted by Crippen LogP contribution is 2.25. The van der Waals surface area contributed by atoms with Crippen molar-refractivity contribution in [2.45, 2.75) is 26.4 Å². The van der Waals surface area contributed by atoms with Crippen molar-refractivity contribution in [2.75, 3.05) is 5.32 Å². The zero-order valence-electron chi connectivity index (χ0n) is 15.0. The third-order valence-corrected chi connectivity index (χ3v) is 3.92. The molecule has 4 aromatic rings. The molecule has 0 atom stereocenters. The van der Waals surface area contributed by atoms with Crippen LogP contribution >= 0.6 is 11.6 Å². The molecule has 0 spiro atoms. The van der Waals surface area contributed by atoms with E-state index in [1.54, 1.807) is 23.0 Å². The van der Waals surface area contributed by atoms with Crippen molar-refractivity contribution in [1.29, 1.82) is 0 Å². The fourth-order valence-corrected chi connectivity index (χ4v) is 2.86. The second-order valence-corrected chi connectivity index (χ2v) is 7.34. The summed E-state index contributed by atoms with van der Waals surface area (Å²) in [5.74, 6) is 0.582. The molecule has 0 aliphatic heterocycles. The number of hydrogen-bond donors (Lipinski definition) is 1. The van der Waals surface area contributed by atoms with Crippen molar-refractivity contribution in [3.8, 4) is 0 Å². The van der Waals surface area contributed by atoms with Crippen LogP contribution < -0.4 is 5.32 Å². The molecule has 27 heavy (non-hydrogen) atoms. The molecule has 0 fully saturated rings. The minimum atomic E-state index is -0.592. The van der Waals surface area contributed by atoms with E-state index in [4.69, 9.17) is 16.3 Å². The van der Waals surface area contributed by atoms with Gasteiger partial charge in [-0.2, -0.15) is 14.8 Å². The Morgan fingerprint density at radius 1 is 1.22 bits per heavy atom. The van der Waals surface area contributed by atoms with Gasteiger partial charge in [-0.15, -0.1) is 5.10 Å². The standard InChI is InChI=1S/C18H17ClN6O2/c1-18(2,3)27-17(26)25-13-7-6-12(9-11(13)10-20-25)21-15-14-5-4-8-24(14)23-16(19)22-15/h4-10H,1-3H3,(H,21,22,23). The molecule has 0 bridgehead atoms. The van der Waals surface area contributed by atoms with Gasteiger partial charge in [0, 0.05) is 17.3 Å². The quantitative estimate of drug-likeness (QED) is 0.555. The molecule has 1 aromatic carbocycles. The summed E-state index contributed by atoms with van der Waals surface area (Å²) in [4.78, 5) is 16.5. The van der Waals surface area contributed by atoms with Crippen LogP contribution in [0.2, 0.25) is 5.28 Å². The molecule has 0 amide bonds. The second kappa shape index (κ2) is 6.24. The molecule has 4 rings (SSSR count). The lowest BCUT2D eigenvalue weighted by molar-refractivity contribution is 0.0523. The number of anilines is 2. The Labute approximate surface area is 159 Å². The molecule has 0 aliphatic rings. The van der Waals surface area contributed by atoms with Gasteiger partial charge < -0.3 is 10.1 Å². The zero-order valence-corrected chi connectivity index (χ0v) is 15.7. The number of halogens is 1. The number of nitrogens with zero attached hydrogens (tertiary/aromatic N) is 5. The van der Waals surface area contributed by atoms with Gasteiger partial charge >= 0.3 is 6.09 Å². The summed E-state index contributed by atoms with van der Waals surface area (Å²) in [5.41, 5.74) is 1.64. The Bertz CT molecular complexity index is 1160. The van der Waals surface area contributed by atoms with Crippen LogP contribution in [-0.2, 0) is 4.74 Å². The van der Waals surface area contributed by atoms with E-state index in [2.05, 4.69) is 20.5 Å². The molecule has 0 saturated heterocycles. The largest absolute Gasteiger partial charge is 0.442 e. The topological polar surface area (TPSA) is 86.3 Å². The first-order chi connectivity index (χ1) is 12.8. The summed E-state index contributed by atoms with van der Waals surface area (Å²) < 4.78 is 8.28. The molecular weight excluding hydrogens is 368 g/mol. The van der Waals surface area contributed by atoms with Crippen molar-refractivity contribution in [3.63, 3.8) is 0 Å². The van der Waals surface area contributed by atoms with Crippen molar-refractivity contribution >= 4 is 45.6 Å². The van der Waals surface area contributed by atoms with Crippen molar-refractivity contribution < 1.29 is 9.53 Å². The van der Waals surface area contributed by atoms with Crippen LogP contribution in [0, 0.1) is 0 Å². The van der Waals surface area contributed by atoms with E-state index in [1.807, 2.05) is 45.0 Å². The van der Waals surface area contributed by atoms with Crippen molar-refractivity contribution in [1.82, 2.24) is 24.4 Å². The number of aromatic nitrogens is 5. The highest BCUT2D eigenvalue weighted by molar-refractivity contribution is 6.28. The van der Waals surface area contributed by atoms with Gasteiger partial charge in [0.2, 0.25) is 5.28 Å². The number of ether oxygens (including phenoxy) is 1. The Kier molecular flexibility index (Phi) is 4.00. The molecule has 0 unspecified atom stereocenters. The molecule has 9 heteroatoms. The lowest BCUT2D eigenvalue weighted by Crippen LogP contribution is -2.27. The van der Waals surface area contributed by atoms with Crippen LogP contribution in [-0.4, -0.2) is 36.1 Å². The number of nitrogens with one attached hydrogen (secondary N) is 1. The average Bonchev–Trinajstić information content (AvgIpc) is 3.19. The van der Waals surface area contributed by atoms with Crippen LogP contribution in [0.3, 0.4) is 0 Å². The van der Waals surface area contributed by atoms with Crippen LogP contribution in [0.25, 0.3) is 16.4 Å². The van der Waals surface area contributed by atoms with E-state index in [1.165, 1.54) is 4.68 Å². The summed E-state index contributed by atoms with van der Waals surface area (Å²) in [6.45, 7) is 5.44. The molecule has 0 saturated carbocycles. The Hall–Kier alpha value is -3.13. The highest BCUT2D eigenvalue weighted by Gasteiger charge is 2.20. The van der Waals surface area contributed by atoms with E-state index >= 15 is 0 Å². The number of fused-ring (bicyclic) bond motifs is 2. The van der Waals surface area contributed by atoms with Crippen molar-refractivity contribution in [3.05, 3.63) is 48.0 Å². The first-order valence-electron chi connectivity index (χ1n) is 8.29. The summed E-state index contributed by atoms with van der Waals surface area (Å²) >= 11 is 5.99. The summed E-state index contributed by atoms with van der Waals surface area (Å²) in [6.07, 6.45) is 2.89. The molecule has 8 nitrogen and oxygen atoms in total. The van der Waals surface area contributed by atoms with E-state index in [0.29, 0.717) is 11.3 Å². The maximum Gasteiger partial charge on any atom is 0.435 e. The maximum atomic E-state index is 12.3. The normalized spacial score (nSPS) is 11.9. The smallest absolute Gasteiger partial charge is 0.435 e. The van der Waals surface area contributed by atoms with Crippen molar-refractivity contribution in [2.24, 2.45) is 0 Å². The average molecular weight is 385 g/mol. The lowest BCUT2D eigenvalue weighted by Gasteiger charge is -2.19. The first-order valence-corrected chi connectivity index (χ1v) is 8.67. The monoisotopic (exact) mass is 384 g/mol. The van der Waals surface area contributed by atoms with Gasteiger partial charge in [0.15, 0.2) is 5.82 Å². The van der Waals surface area contributed by atoms with Crippen LogP contribution in [0.1, 0.15) is 20.8 Å². The van der Waals surface area contributed by atoms with Gasteiger partial charge in [-0.3, -0.25) is 0 Å². The van der Waals surface area contributed by atoms with Gasteiger partial charge in [0.1, 0.15) is 11.1 Å². The molecule has 3 aromatic heterocycles.